The molecular weight excluding hydrogens is 369 g/mol. The first-order valence-corrected chi connectivity index (χ1v) is 7.51. The molecule has 0 aliphatic carbocycles. The molecule has 3 rings (SSSR count). The summed E-state index contributed by atoms with van der Waals surface area (Å²) >= 11 is 0. The van der Waals surface area contributed by atoms with E-state index in [9.17, 15) is 22.0 Å². The quantitative estimate of drug-likeness (QED) is 0.564. The summed E-state index contributed by atoms with van der Waals surface area (Å²) in [6.45, 7) is 0. The highest BCUT2D eigenvalue weighted by Gasteiger charge is 2.30. The fourth-order valence-electron chi connectivity index (χ4n) is 2.23. The van der Waals surface area contributed by atoms with Crippen molar-refractivity contribution in [2.75, 3.05) is 16.4 Å². The van der Waals surface area contributed by atoms with Crippen molar-refractivity contribution in [1.29, 1.82) is 0 Å². The molecule has 0 amide bonds. The summed E-state index contributed by atoms with van der Waals surface area (Å²) in [6, 6.07) is 7.23. The Kier molecular flexibility index (Phi) is 4.80. The molecule has 0 bridgehead atoms. The van der Waals surface area contributed by atoms with Crippen LogP contribution in [0.2, 0.25) is 0 Å². The minimum atomic E-state index is -4.50. The Morgan fingerprint density at radius 2 is 1.59 bits per heavy atom. The molecule has 0 unspecified atom stereocenters. The van der Waals surface area contributed by atoms with E-state index in [4.69, 9.17) is 5.73 Å². The summed E-state index contributed by atoms with van der Waals surface area (Å²) in [5.41, 5.74) is 4.86. The molecule has 0 aliphatic rings. The predicted octanol–water partition coefficient (Wildman–Crippen LogP) is 4.84. The van der Waals surface area contributed by atoms with Crippen LogP contribution in [0, 0.1) is 11.6 Å². The maximum Gasteiger partial charge on any atom is 0.416 e. The standard InChI is InChI=1S/C17H12F5N5/c18-10-4-5-12(19)13(7-10)27-16-14(23)15(24-8-25-16)26-11-3-1-2-9(6-11)17(20,21)22/h1-8H,23H2,(H2,24,25,26,27). The number of rotatable bonds is 4. The maximum atomic E-state index is 13.8. The number of nitrogens with one attached hydrogen (secondary N) is 2. The Balaban J connectivity index is 1.88. The maximum absolute atomic E-state index is 13.8. The molecular formula is C17H12F5N5. The lowest BCUT2D eigenvalue weighted by Crippen LogP contribution is -2.07. The summed E-state index contributed by atoms with van der Waals surface area (Å²) in [4.78, 5) is 7.72. The van der Waals surface area contributed by atoms with Gasteiger partial charge in [-0.3, -0.25) is 0 Å². The summed E-state index contributed by atoms with van der Waals surface area (Å²) < 4.78 is 65.5. The van der Waals surface area contributed by atoms with E-state index < -0.39 is 23.4 Å². The molecule has 1 aromatic heterocycles. The SMILES string of the molecule is Nc1c(Nc2cccc(C(F)(F)F)c2)ncnc1Nc1cc(F)ccc1F. The lowest BCUT2D eigenvalue weighted by molar-refractivity contribution is -0.137. The molecule has 0 saturated carbocycles. The number of benzene rings is 2. The van der Waals surface area contributed by atoms with Gasteiger partial charge in [0.1, 0.15) is 23.6 Å². The fraction of sp³-hybridized carbons (Fsp3) is 0.0588. The summed E-state index contributed by atoms with van der Waals surface area (Å²) in [5.74, 6) is -1.44. The van der Waals surface area contributed by atoms with Gasteiger partial charge in [0.2, 0.25) is 0 Å². The molecule has 0 spiro atoms. The first kappa shape index (κ1) is 18.4. The van der Waals surface area contributed by atoms with Gasteiger partial charge in [-0.2, -0.15) is 13.2 Å². The Labute approximate surface area is 150 Å². The molecule has 0 fully saturated rings. The average Bonchev–Trinajstić information content (AvgIpc) is 2.61. The van der Waals surface area contributed by atoms with Gasteiger partial charge in [0, 0.05) is 11.8 Å². The number of aromatic nitrogens is 2. The van der Waals surface area contributed by atoms with Crippen LogP contribution in [0.25, 0.3) is 0 Å². The van der Waals surface area contributed by atoms with Gasteiger partial charge in [0.05, 0.1) is 11.3 Å². The molecule has 1 heterocycles. The highest BCUT2D eigenvalue weighted by Crippen LogP contribution is 2.33. The monoisotopic (exact) mass is 381 g/mol. The van der Waals surface area contributed by atoms with Crippen LogP contribution in [0.4, 0.5) is 50.6 Å². The van der Waals surface area contributed by atoms with E-state index in [0.717, 1.165) is 36.7 Å². The molecule has 3 aromatic rings. The topological polar surface area (TPSA) is 75.9 Å². The van der Waals surface area contributed by atoms with Crippen LogP contribution in [-0.4, -0.2) is 9.97 Å². The summed E-state index contributed by atoms with van der Waals surface area (Å²) in [7, 11) is 0. The van der Waals surface area contributed by atoms with Crippen molar-refractivity contribution in [3.05, 3.63) is 66.0 Å². The minimum Gasteiger partial charge on any atom is -0.393 e. The third-order valence-corrected chi connectivity index (χ3v) is 3.52. The van der Waals surface area contributed by atoms with Crippen LogP contribution in [0.1, 0.15) is 5.56 Å². The van der Waals surface area contributed by atoms with Crippen LogP contribution < -0.4 is 16.4 Å². The third kappa shape index (κ3) is 4.22. The van der Waals surface area contributed by atoms with Crippen LogP contribution in [0.5, 0.6) is 0 Å². The molecule has 10 heteroatoms. The first-order valence-electron chi connectivity index (χ1n) is 7.51. The molecule has 2 aromatic carbocycles. The van der Waals surface area contributed by atoms with Gasteiger partial charge in [-0.15, -0.1) is 0 Å². The zero-order valence-corrected chi connectivity index (χ0v) is 13.5. The van der Waals surface area contributed by atoms with Crippen LogP contribution in [-0.2, 0) is 6.18 Å². The van der Waals surface area contributed by atoms with E-state index in [1.807, 2.05) is 0 Å². The van der Waals surface area contributed by atoms with Crippen molar-refractivity contribution in [1.82, 2.24) is 9.97 Å². The van der Waals surface area contributed by atoms with Gasteiger partial charge >= 0.3 is 6.18 Å². The lowest BCUT2D eigenvalue weighted by Gasteiger charge is -2.14. The smallest absolute Gasteiger partial charge is 0.393 e. The normalized spacial score (nSPS) is 11.3. The minimum absolute atomic E-state index is 0.00337. The Bertz CT molecular complexity index is 974. The molecule has 0 radical (unpaired) electrons. The third-order valence-electron chi connectivity index (χ3n) is 3.52. The molecule has 5 nitrogen and oxygen atoms in total. The van der Waals surface area contributed by atoms with Gasteiger partial charge in [-0.05, 0) is 30.3 Å². The number of anilines is 5. The Hall–Kier alpha value is -3.43. The van der Waals surface area contributed by atoms with Gasteiger partial charge in [-0.25, -0.2) is 18.7 Å². The van der Waals surface area contributed by atoms with E-state index in [1.165, 1.54) is 12.1 Å². The number of nitrogens with two attached hydrogens (primary N) is 1. The predicted molar refractivity (Wildman–Crippen MR) is 90.8 cm³/mol. The number of halogens is 5. The lowest BCUT2D eigenvalue weighted by atomic mass is 10.2. The number of nitrogens with zero attached hydrogens (tertiary/aromatic N) is 2. The van der Waals surface area contributed by atoms with Gasteiger partial charge in [-0.1, -0.05) is 6.07 Å². The Morgan fingerprint density at radius 3 is 2.30 bits per heavy atom. The summed E-state index contributed by atoms with van der Waals surface area (Å²) in [5, 5.41) is 5.18. The van der Waals surface area contributed by atoms with Crippen molar-refractivity contribution < 1.29 is 22.0 Å². The summed E-state index contributed by atoms with van der Waals surface area (Å²) in [6.07, 6.45) is -3.43. The molecule has 27 heavy (non-hydrogen) atoms. The highest BCUT2D eigenvalue weighted by molar-refractivity contribution is 5.80. The second-order valence-electron chi connectivity index (χ2n) is 5.44. The molecule has 140 valence electrons. The Morgan fingerprint density at radius 1 is 0.889 bits per heavy atom. The first-order chi connectivity index (χ1) is 12.7. The highest BCUT2D eigenvalue weighted by atomic mass is 19.4. The second-order valence-corrected chi connectivity index (χ2v) is 5.44. The van der Waals surface area contributed by atoms with Gasteiger partial charge in [0.15, 0.2) is 11.6 Å². The molecule has 0 atom stereocenters. The van der Waals surface area contributed by atoms with Crippen molar-refractivity contribution in [2.45, 2.75) is 6.18 Å². The number of alkyl halides is 3. The van der Waals surface area contributed by atoms with Crippen LogP contribution >= 0.6 is 0 Å². The number of nitrogen functional groups attached to an aromatic ring is 1. The van der Waals surface area contributed by atoms with Crippen molar-refractivity contribution in [3.8, 4) is 0 Å². The molecule has 0 aliphatic heterocycles. The van der Waals surface area contributed by atoms with Crippen LogP contribution in [0.15, 0.2) is 48.8 Å². The number of hydrogen-bond donors (Lipinski definition) is 3. The van der Waals surface area contributed by atoms with E-state index >= 15 is 0 Å². The van der Waals surface area contributed by atoms with Gasteiger partial charge in [0.25, 0.3) is 0 Å². The zero-order chi connectivity index (χ0) is 19.6. The fourth-order valence-corrected chi connectivity index (χ4v) is 2.23. The van der Waals surface area contributed by atoms with Crippen molar-refractivity contribution in [2.24, 2.45) is 0 Å². The van der Waals surface area contributed by atoms with E-state index in [2.05, 4.69) is 20.6 Å². The van der Waals surface area contributed by atoms with E-state index in [1.54, 1.807) is 0 Å². The molecule has 4 N–H and O–H groups in total. The van der Waals surface area contributed by atoms with Crippen LogP contribution in [0.3, 0.4) is 0 Å². The largest absolute Gasteiger partial charge is 0.416 e. The number of hydrogen-bond acceptors (Lipinski definition) is 5. The van der Waals surface area contributed by atoms with E-state index in [0.29, 0.717) is 0 Å². The second kappa shape index (κ2) is 7.06. The van der Waals surface area contributed by atoms with E-state index in [-0.39, 0.29) is 28.7 Å². The van der Waals surface area contributed by atoms with Crippen molar-refractivity contribution >= 4 is 28.7 Å². The average molecular weight is 381 g/mol. The van der Waals surface area contributed by atoms with Crippen molar-refractivity contribution in [3.63, 3.8) is 0 Å². The van der Waals surface area contributed by atoms with Gasteiger partial charge < -0.3 is 16.4 Å². The molecule has 0 saturated heterocycles. The zero-order valence-electron chi connectivity index (χ0n) is 13.5.